The molecule has 4 rings (SSSR count). The summed E-state index contributed by atoms with van der Waals surface area (Å²) in [4.78, 5) is 27.8. The van der Waals surface area contributed by atoms with Crippen LogP contribution in [0.2, 0.25) is 0 Å². The Morgan fingerprint density at radius 1 is 1.12 bits per heavy atom. The third-order valence-corrected chi connectivity index (χ3v) is 6.53. The van der Waals surface area contributed by atoms with Gasteiger partial charge in [0.25, 0.3) is 0 Å². The third-order valence-electron chi connectivity index (χ3n) is 6.53. The Morgan fingerprint density at radius 3 is 2.44 bits per heavy atom. The van der Waals surface area contributed by atoms with Crippen LogP contribution in [0.3, 0.4) is 0 Å². The molecule has 0 saturated carbocycles. The van der Waals surface area contributed by atoms with Crippen molar-refractivity contribution in [2.24, 2.45) is 5.92 Å². The van der Waals surface area contributed by atoms with Crippen LogP contribution in [0, 0.1) is 5.92 Å². The van der Waals surface area contributed by atoms with Gasteiger partial charge in [0.15, 0.2) is 0 Å². The molecule has 2 heterocycles. The zero-order valence-corrected chi connectivity index (χ0v) is 19.8. The monoisotopic (exact) mass is 459 g/mol. The summed E-state index contributed by atoms with van der Waals surface area (Å²) < 4.78 is 2.92. The van der Waals surface area contributed by atoms with Gasteiger partial charge in [-0.1, -0.05) is 43.3 Å². The van der Waals surface area contributed by atoms with Gasteiger partial charge in [-0.25, -0.2) is 14.0 Å². The molecule has 1 N–H and O–H groups in total. The topological polar surface area (TPSA) is 72.2 Å². The fourth-order valence-electron chi connectivity index (χ4n) is 4.73. The van der Waals surface area contributed by atoms with Gasteiger partial charge in [0.1, 0.15) is 6.33 Å². The van der Waals surface area contributed by atoms with Crippen LogP contribution < -0.4 is 15.9 Å². The minimum absolute atomic E-state index is 0.115. The number of aromatic nitrogens is 3. The van der Waals surface area contributed by atoms with Crippen LogP contribution in [0.5, 0.6) is 0 Å². The molecule has 34 heavy (non-hydrogen) atoms. The lowest BCUT2D eigenvalue weighted by molar-refractivity contribution is -0.124. The van der Waals surface area contributed by atoms with Crippen molar-refractivity contribution in [1.82, 2.24) is 19.7 Å². The molecule has 0 bridgehead atoms. The lowest BCUT2D eigenvalue weighted by atomic mass is 9.79. The smallest absolute Gasteiger partial charge is 0.350 e. The first-order valence-corrected chi connectivity index (χ1v) is 12.1. The van der Waals surface area contributed by atoms with Gasteiger partial charge in [-0.15, -0.1) is 6.58 Å². The van der Waals surface area contributed by atoms with Crippen LogP contribution in [-0.2, 0) is 11.3 Å². The number of hydrogen-bond acceptors (Lipinski definition) is 4. The molecule has 3 aromatic rings. The SMILES string of the molecule is C=CCn1ncn(-c2ccc(N3CCC(C(C(=O)NCCC)c4ccccc4)CC3)cc2)c1=O. The molecular weight excluding hydrogens is 426 g/mol. The van der Waals surface area contributed by atoms with Crippen molar-refractivity contribution >= 4 is 11.6 Å². The fourth-order valence-corrected chi connectivity index (χ4v) is 4.73. The van der Waals surface area contributed by atoms with Crippen molar-refractivity contribution in [3.63, 3.8) is 0 Å². The van der Waals surface area contributed by atoms with E-state index in [4.69, 9.17) is 0 Å². The first kappa shape index (κ1) is 23.5. The molecule has 1 aromatic heterocycles. The van der Waals surface area contributed by atoms with Gasteiger partial charge >= 0.3 is 5.69 Å². The number of hydrogen-bond donors (Lipinski definition) is 1. The number of allylic oxidation sites excluding steroid dienone is 1. The van der Waals surface area contributed by atoms with Crippen molar-refractivity contribution in [3.8, 4) is 5.69 Å². The Labute approximate surface area is 200 Å². The highest BCUT2D eigenvalue weighted by atomic mass is 16.2. The Bertz CT molecular complexity index is 1140. The number of nitrogens with zero attached hydrogens (tertiary/aromatic N) is 4. The van der Waals surface area contributed by atoms with Crippen LogP contribution in [0.15, 0.2) is 78.4 Å². The molecule has 1 aliphatic heterocycles. The van der Waals surface area contributed by atoms with Crippen molar-refractivity contribution in [2.45, 2.75) is 38.6 Å². The largest absolute Gasteiger partial charge is 0.372 e. The summed E-state index contributed by atoms with van der Waals surface area (Å²) in [6.45, 7) is 8.62. The molecule has 0 aliphatic carbocycles. The summed E-state index contributed by atoms with van der Waals surface area (Å²) >= 11 is 0. The zero-order chi connectivity index (χ0) is 23.9. The van der Waals surface area contributed by atoms with Gasteiger partial charge in [0.2, 0.25) is 5.91 Å². The summed E-state index contributed by atoms with van der Waals surface area (Å²) in [5.74, 6) is 0.332. The first-order valence-electron chi connectivity index (χ1n) is 12.1. The third kappa shape index (κ3) is 5.14. The number of amides is 1. The summed E-state index contributed by atoms with van der Waals surface area (Å²) in [7, 11) is 0. The molecule has 1 amide bonds. The van der Waals surface area contributed by atoms with Gasteiger partial charge in [-0.2, -0.15) is 5.10 Å². The highest BCUT2D eigenvalue weighted by Crippen LogP contribution is 2.34. The Kier molecular flexibility index (Phi) is 7.62. The molecule has 1 unspecified atom stereocenters. The van der Waals surface area contributed by atoms with E-state index in [0.29, 0.717) is 19.0 Å². The van der Waals surface area contributed by atoms with E-state index < -0.39 is 0 Å². The second-order valence-corrected chi connectivity index (χ2v) is 8.77. The second-order valence-electron chi connectivity index (χ2n) is 8.77. The highest BCUT2D eigenvalue weighted by Gasteiger charge is 2.32. The average molecular weight is 460 g/mol. The Hall–Kier alpha value is -3.61. The Morgan fingerprint density at radius 2 is 1.79 bits per heavy atom. The number of nitrogens with one attached hydrogen (secondary N) is 1. The number of anilines is 1. The first-order chi connectivity index (χ1) is 16.6. The van der Waals surface area contributed by atoms with Crippen LogP contribution in [0.4, 0.5) is 5.69 Å². The molecule has 1 fully saturated rings. The van der Waals surface area contributed by atoms with Crippen molar-refractivity contribution < 1.29 is 4.79 Å². The van der Waals surface area contributed by atoms with Crippen molar-refractivity contribution in [2.75, 3.05) is 24.5 Å². The van der Waals surface area contributed by atoms with Crippen LogP contribution >= 0.6 is 0 Å². The van der Waals surface area contributed by atoms with E-state index >= 15 is 0 Å². The number of rotatable bonds is 9. The summed E-state index contributed by atoms with van der Waals surface area (Å²) in [6, 6.07) is 18.2. The van der Waals surface area contributed by atoms with Gasteiger partial charge in [0.05, 0.1) is 18.2 Å². The fraction of sp³-hybridized carbons (Fsp3) is 0.370. The van der Waals surface area contributed by atoms with E-state index in [2.05, 4.69) is 53.1 Å². The van der Waals surface area contributed by atoms with Gasteiger partial charge in [-0.3, -0.25) is 4.79 Å². The van der Waals surface area contributed by atoms with Crippen LogP contribution in [0.1, 0.15) is 37.7 Å². The van der Waals surface area contributed by atoms with E-state index in [9.17, 15) is 9.59 Å². The van der Waals surface area contributed by atoms with Crippen molar-refractivity contribution in [1.29, 1.82) is 0 Å². The second kappa shape index (κ2) is 11.0. The highest BCUT2D eigenvalue weighted by molar-refractivity contribution is 5.84. The van der Waals surface area contributed by atoms with Gasteiger partial charge in [-0.05, 0) is 55.0 Å². The number of piperidine rings is 1. The van der Waals surface area contributed by atoms with Crippen LogP contribution in [0.25, 0.3) is 5.69 Å². The van der Waals surface area contributed by atoms with E-state index in [1.54, 1.807) is 17.0 Å². The molecule has 0 radical (unpaired) electrons. The zero-order valence-electron chi connectivity index (χ0n) is 19.8. The van der Waals surface area contributed by atoms with E-state index in [0.717, 1.165) is 49.3 Å². The maximum atomic E-state index is 13.0. The molecule has 1 atom stereocenters. The standard InChI is InChI=1S/C27H33N5O2/c1-3-16-28-26(33)25(21-8-6-5-7-9-21)22-14-18-30(19-15-22)23-10-12-24(13-11-23)31-20-29-32(17-4-2)27(31)34/h4-13,20,22,25H,2-3,14-19H2,1H3,(H,28,33). The predicted molar refractivity (Wildman–Crippen MR) is 135 cm³/mol. The molecule has 2 aromatic carbocycles. The lowest BCUT2D eigenvalue weighted by Gasteiger charge is -2.37. The van der Waals surface area contributed by atoms with Crippen molar-refractivity contribution in [3.05, 3.63) is 89.6 Å². The van der Waals surface area contributed by atoms with E-state index in [-0.39, 0.29) is 17.5 Å². The number of carbonyl (C=O) groups is 1. The Balaban J connectivity index is 1.44. The molecule has 7 heteroatoms. The molecule has 1 aliphatic rings. The minimum Gasteiger partial charge on any atom is -0.372 e. The molecule has 0 spiro atoms. The molecule has 1 saturated heterocycles. The number of benzene rings is 2. The summed E-state index contributed by atoms with van der Waals surface area (Å²) in [5.41, 5.74) is 2.83. The summed E-state index contributed by atoms with van der Waals surface area (Å²) in [6.07, 6.45) is 6.03. The maximum absolute atomic E-state index is 13.0. The van der Waals surface area contributed by atoms with E-state index in [1.165, 1.54) is 4.68 Å². The van der Waals surface area contributed by atoms with Crippen LogP contribution in [-0.4, -0.2) is 39.9 Å². The summed E-state index contributed by atoms with van der Waals surface area (Å²) in [5, 5.41) is 7.24. The molecular formula is C27H33N5O2. The molecule has 7 nitrogen and oxygen atoms in total. The maximum Gasteiger partial charge on any atom is 0.350 e. The molecule has 178 valence electrons. The number of carbonyl (C=O) groups excluding carboxylic acids is 1. The predicted octanol–water partition coefficient (Wildman–Crippen LogP) is 3.75. The average Bonchev–Trinajstić information content (AvgIpc) is 3.24. The van der Waals surface area contributed by atoms with Gasteiger partial charge in [0, 0.05) is 25.3 Å². The lowest BCUT2D eigenvalue weighted by Crippen LogP contribution is -2.40. The minimum atomic E-state index is -0.179. The normalized spacial score (nSPS) is 15.1. The van der Waals surface area contributed by atoms with Gasteiger partial charge < -0.3 is 10.2 Å². The quantitative estimate of drug-likeness (QED) is 0.495. The van der Waals surface area contributed by atoms with E-state index in [1.807, 2.05) is 30.3 Å².